The molecule has 0 spiro atoms. The highest BCUT2D eigenvalue weighted by Crippen LogP contribution is 2.28. The smallest absolute Gasteiger partial charge is 0.310 e. The van der Waals surface area contributed by atoms with Gasteiger partial charge >= 0.3 is 5.97 Å². The Morgan fingerprint density at radius 2 is 1.85 bits per heavy atom. The lowest BCUT2D eigenvalue weighted by atomic mass is 9.95. The van der Waals surface area contributed by atoms with E-state index in [2.05, 4.69) is 14.9 Å². The fourth-order valence-corrected chi connectivity index (χ4v) is 3.93. The number of esters is 1. The van der Waals surface area contributed by atoms with Crippen LogP contribution in [0, 0.1) is 18.8 Å². The number of piperidine rings is 1. The van der Waals surface area contributed by atoms with E-state index in [1.807, 2.05) is 24.0 Å². The Kier molecular flexibility index (Phi) is 4.72. The van der Waals surface area contributed by atoms with Gasteiger partial charge in [-0.2, -0.15) is 4.98 Å². The molecule has 144 valence electrons. The van der Waals surface area contributed by atoms with E-state index in [0.717, 1.165) is 31.6 Å². The molecule has 2 aromatic heterocycles. The van der Waals surface area contributed by atoms with E-state index in [9.17, 15) is 9.59 Å². The maximum Gasteiger partial charge on any atom is 0.310 e. The molecule has 2 saturated heterocycles. The van der Waals surface area contributed by atoms with Gasteiger partial charge in [0.1, 0.15) is 0 Å². The zero-order valence-corrected chi connectivity index (χ0v) is 15.7. The molecule has 4 rings (SSSR count). The van der Waals surface area contributed by atoms with Crippen LogP contribution < -0.4 is 4.90 Å². The number of aryl methyl sites for hydroxylation is 1. The van der Waals surface area contributed by atoms with E-state index in [0.29, 0.717) is 36.8 Å². The second kappa shape index (κ2) is 7.17. The van der Waals surface area contributed by atoms with Crippen LogP contribution in [0.2, 0.25) is 0 Å². The van der Waals surface area contributed by atoms with Crippen LogP contribution in [0.4, 0.5) is 6.01 Å². The summed E-state index contributed by atoms with van der Waals surface area (Å²) in [6, 6.07) is 4.36. The zero-order valence-electron chi connectivity index (χ0n) is 15.7. The molecule has 2 fully saturated rings. The first-order valence-corrected chi connectivity index (χ1v) is 9.41. The number of fused-ring (bicyclic) bond motifs is 1. The van der Waals surface area contributed by atoms with E-state index in [4.69, 9.17) is 9.15 Å². The van der Waals surface area contributed by atoms with Gasteiger partial charge in [-0.3, -0.25) is 9.59 Å². The molecular formula is C19H24N4O4. The zero-order chi connectivity index (χ0) is 19.0. The predicted octanol–water partition coefficient (Wildman–Crippen LogP) is 1.77. The molecule has 0 aromatic carbocycles. The van der Waals surface area contributed by atoms with Crippen LogP contribution in [0.15, 0.2) is 16.5 Å². The van der Waals surface area contributed by atoms with Gasteiger partial charge in [0.2, 0.25) is 11.6 Å². The first-order chi connectivity index (χ1) is 13.0. The maximum absolute atomic E-state index is 12.8. The van der Waals surface area contributed by atoms with E-state index in [1.165, 1.54) is 7.11 Å². The summed E-state index contributed by atoms with van der Waals surface area (Å²) in [6.07, 6.45) is 2.19. The first-order valence-electron chi connectivity index (χ1n) is 9.41. The van der Waals surface area contributed by atoms with Gasteiger partial charge in [-0.05, 0) is 38.3 Å². The Morgan fingerprint density at radius 1 is 1.11 bits per heavy atom. The van der Waals surface area contributed by atoms with Crippen LogP contribution in [-0.2, 0) is 14.3 Å². The standard InChI is InChI=1S/C19H24N4O4/c1-12-3-4-15-16(20-12)21-19(27-15)22-8-5-13(6-9-22)17(24)23-10-7-14(11-23)18(25)26-2/h3-4,13-14H,5-11H2,1-2H3. The Hall–Kier alpha value is -2.64. The number of nitrogens with zero attached hydrogens (tertiary/aromatic N) is 4. The Balaban J connectivity index is 1.35. The summed E-state index contributed by atoms with van der Waals surface area (Å²) >= 11 is 0. The average Bonchev–Trinajstić information content (AvgIpc) is 3.34. The molecule has 8 nitrogen and oxygen atoms in total. The minimum atomic E-state index is -0.222. The molecule has 0 N–H and O–H groups in total. The molecular weight excluding hydrogens is 348 g/mol. The number of likely N-dealkylation sites (tertiary alicyclic amines) is 1. The van der Waals surface area contributed by atoms with Crippen LogP contribution >= 0.6 is 0 Å². The van der Waals surface area contributed by atoms with E-state index < -0.39 is 0 Å². The predicted molar refractivity (Wildman–Crippen MR) is 98.2 cm³/mol. The first kappa shape index (κ1) is 17.8. The highest BCUT2D eigenvalue weighted by molar-refractivity contribution is 5.81. The molecule has 8 heteroatoms. The molecule has 0 aliphatic carbocycles. The second-order valence-corrected chi connectivity index (χ2v) is 7.33. The molecule has 1 amide bonds. The van der Waals surface area contributed by atoms with Gasteiger partial charge in [0.05, 0.1) is 13.0 Å². The number of carbonyl (C=O) groups excluding carboxylic acids is 2. The third-order valence-electron chi connectivity index (χ3n) is 5.53. The Morgan fingerprint density at radius 3 is 2.59 bits per heavy atom. The van der Waals surface area contributed by atoms with Crippen molar-refractivity contribution in [3.63, 3.8) is 0 Å². The number of ether oxygens (including phenoxy) is 1. The lowest BCUT2D eigenvalue weighted by molar-refractivity contribution is -0.145. The largest absolute Gasteiger partial charge is 0.469 e. The molecule has 1 unspecified atom stereocenters. The van der Waals surface area contributed by atoms with Crippen molar-refractivity contribution in [2.45, 2.75) is 26.2 Å². The van der Waals surface area contributed by atoms with Crippen LogP contribution in [0.5, 0.6) is 0 Å². The summed E-state index contributed by atoms with van der Waals surface area (Å²) < 4.78 is 10.6. The third kappa shape index (κ3) is 3.48. The summed E-state index contributed by atoms with van der Waals surface area (Å²) in [6.45, 7) is 4.47. The summed E-state index contributed by atoms with van der Waals surface area (Å²) in [5.74, 6) is -0.270. The molecule has 0 radical (unpaired) electrons. The molecule has 0 saturated carbocycles. The number of amides is 1. The van der Waals surface area contributed by atoms with Gasteiger partial charge in [0, 0.05) is 37.8 Å². The minimum Gasteiger partial charge on any atom is -0.469 e. The highest BCUT2D eigenvalue weighted by atomic mass is 16.5. The quantitative estimate of drug-likeness (QED) is 0.759. The van der Waals surface area contributed by atoms with Gasteiger partial charge in [-0.25, -0.2) is 4.98 Å². The Bertz CT molecular complexity index is 857. The number of aromatic nitrogens is 2. The van der Waals surface area contributed by atoms with Crippen LogP contribution in [0.25, 0.3) is 11.2 Å². The van der Waals surface area contributed by atoms with Gasteiger partial charge in [-0.1, -0.05) is 0 Å². The number of hydrogen-bond donors (Lipinski definition) is 0. The topological polar surface area (TPSA) is 88.8 Å². The third-order valence-corrected chi connectivity index (χ3v) is 5.53. The molecule has 2 aromatic rings. The number of oxazole rings is 1. The highest BCUT2D eigenvalue weighted by Gasteiger charge is 2.36. The summed E-state index contributed by atoms with van der Waals surface area (Å²) in [5, 5.41) is 0. The van der Waals surface area contributed by atoms with E-state index in [-0.39, 0.29) is 23.7 Å². The van der Waals surface area contributed by atoms with Crippen molar-refractivity contribution < 1.29 is 18.7 Å². The van der Waals surface area contributed by atoms with E-state index in [1.54, 1.807) is 0 Å². The Labute approximate surface area is 157 Å². The SMILES string of the molecule is COC(=O)C1CCN(C(=O)C2CCN(c3nc4nc(C)ccc4o3)CC2)C1. The number of hydrogen-bond acceptors (Lipinski definition) is 7. The fraction of sp³-hybridized carbons (Fsp3) is 0.579. The number of rotatable bonds is 3. The average molecular weight is 372 g/mol. The lowest BCUT2D eigenvalue weighted by Gasteiger charge is -2.32. The minimum absolute atomic E-state index is 0.0117. The lowest BCUT2D eigenvalue weighted by Crippen LogP contribution is -2.42. The van der Waals surface area contributed by atoms with Crippen molar-refractivity contribution in [2.75, 3.05) is 38.2 Å². The number of pyridine rings is 1. The van der Waals surface area contributed by atoms with Crippen molar-refractivity contribution >= 4 is 29.1 Å². The van der Waals surface area contributed by atoms with Gasteiger partial charge < -0.3 is 19.0 Å². The monoisotopic (exact) mass is 372 g/mol. The molecule has 27 heavy (non-hydrogen) atoms. The normalized spacial score (nSPS) is 21.0. The molecule has 1 atom stereocenters. The van der Waals surface area contributed by atoms with Crippen molar-refractivity contribution in [2.24, 2.45) is 11.8 Å². The van der Waals surface area contributed by atoms with Crippen molar-refractivity contribution in [1.82, 2.24) is 14.9 Å². The van der Waals surface area contributed by atoms with Gasteiger partial charge in [0.15, 0.2) is 5.58 Å². The van der Waals surface area contributed by atoms with Crippen molar-refractivity contribution in [3.8, 4) is 0 Å². The number of carbonyl (C=O) groups is 2. The summed E-state index contributed by atoms with van der Waals surface area (Å²) in [5.41, 5.74) is 2.20. The van der Waals surface area contributed by atoms with Gasteiger partial charge in [0.25, 0.3) is 6.01 Å². The van der Waals surface area contributed by atoms with Crippen LogP contribution in [-0.4, -0.2) is 60.0 Å². The number of anilines is 1. The second-order valence-electron chi connectivity index (χ2n) is 7.33. The van der Waals surface area contributed by atoms with Crippen molar-refractivity contribution in [1.29, 1.82) is 0 Å². The molecule has 2 aliphatic rings. The van der Waals surface area contributed by atoms with Gasteiger partial charge in [-0.15, -0.1) is 0 Å². The molecule has 2 aliphatic heterocycles. The van der Waals surface area contributed by atoms with Crippen molar-refractivity contribution in [3.05, 3.63) is 17.8 Å². The summed E-state index contributed by atoms with van der Waals surface area (Å²) in [4.78, 5) is 37.2. The van der Waals surface area contributed by atoms with E-state index >= 15 is 0 Å². The fourth-order valence-electron chi connectivity index (χ4n) is 3.93. The summed E-state index contributed by atoms with van der Waals surface area (Å²) in [7, 11) is 1.39. The molecule has 0 bridgehead atoms. The van der Waals surface area contributed by atoms with Crippen LogP contribution in [0.3, 0.4) is 0 Å². The molecule has 4 heterocycles. The van der Waals surface area contributed by atoms with Crippen LogP contribution in [0.1, 0.15) is 25.0 Å². The number of methoxy groups -OCH3 is 1. The maximum atomic E-state index is 12.8.